The van der Waals surface area contributed by atoms with E-state index in [0.717, 1.165) is 11.1 Å². The fourth-order valence-corrected chi connectivity index (χ4v) is 2.89. The van der Waals surface area contributed by atoms with Crippen molar-refractivity contribution in [3.8, 4) is 0 Å². The average molecular weight is 327 g/mol. The maximum absolute atomic E-state index is 13.0. The van der Waals surface area contributed by atoms with Crippen LogP contribution in [0, 0.1) is 5.82 Å². The molecule has 4 nitrogen and oxygen atoms in total. The Bertz CT molecular complexity index is 730. The molecular formula is C19H18FNO3. The number of cyclic esters (lactones) is 1. The van der Waals surface area contributed by atoms with E-state index in [-0.39, 0.29) is 30.7 Å². The third kappa shape index (κ3) is 3.30. The Morgan fingerprint density at radius 3 is 2.54 bits per heavy atom. The summed E-state index contributed by atoms with van der Waals surface area (Å²) >= 11 is 0. The molecule has 0 radical (unpaired) electrons. The summed E-state index contributed by atoms with van der Waals surface area (Å²) in [6.07, 6.45) is -0.454. The molecule has 2 aromatic rings. The highest BCUT2D eigenvalue weighted by molar-refractivity contribution is 5.94. The van der Waals surface area contributed by atoms with E-state index in [4.69, 9.17) is 4.74 Å². The number of ether oxygens (including phenoxy) is 1. The number of rotatable bonds is 4. The van der Waals surface area contributed by atoms with Gasteiger partial charge in [-0.25, -0.2) is 14.1 Å². The van der Waals surface area contributed by atoms with Crippen molar-refractivity contribution in [2.24, 2.45) is 0 Å². The molecule has 0 bridgehead atoms. The van der Waals surface area contributed by atoms with Crippen LogP contribution in [0.5, 0.6) is 0 Å². The Morgan fingerprint density at radius 2 is 1.88 bits per heavy atom. The van der Waals surface area contributed by atoms with Crippen molar-refractivity contribution in [2.75, 3.05) is 6.61 Å². The van der Waals surface area contributed by atoms with E-state index in [2.05, 4.69) is 0 Å². The lowest BCUT2D eigenvalue weighted by Crippen LogP contribution is -2.34. The summed E-state index contributed by atoms with van der Waals surface area (Å²) in [6.45, 7) is 2.05. The Kier molecular flexibility index (Phi) is 4.60. The minimum Gasteiger partial charge on any atom is -0.446 e. The maximum atomic E-state index is 13.0. The SMILES string of the molecule is C[C@H](CC(=O)N1C(=O)OCC1c1ccccc1)c1ccc(F)cc1. The van der Waals surface area contributed by atoms with Gasteiger partial charge in [-0.15, -0.1) is 0 Å². The third-order valence-corrected chi connectivity index (χ3v) is 4.25. The van der Waals surface area contributed by atoms with Gasteiger partial charge in [-0.2, -0.15) is 0 Å². The number of hydrogen-bond donors (Lipinski definition) is 0. The molecule has 0 aliphatic carbocycles. The van der Waals surface area contributed by atoms with Gasteiger partial charge in [-0.3, -0.25) is 4.79 Å². The fourth-order valence-electron chi connectivity index (χ4n) is 2.89. The van der Waals surface area contributed by atoms with E-state index in [1.807, 2.05) is 37.3 Å². The van der Waals surface area contributed by atoms with Crippen molar-refractivity contribution in [3.63, 3.8) is 0 Å². The number of imide groups is 1. The lowest BCUT2D eigenvalue weighted by Gasteiger charge is -2.21. The fraction of sp³-hybridized carbons (Fsp3) is 0.263. The van der Waals surface area contributed by atoms with Crippen molar-refractivity contribution in [1.29, 1.82) is 0 Å². The number of carbonyl (C=O) groups is 2. The molecular weight excluding hydrogens is 309 g/mol. The second kappa shape index (κ2) is 6.83. The molecule has 1 aliphatic heterocycles. The topological polar surface area (TPSA) is 46.6 Å². The van der Waals surface area contributed by atoms with Crippen molar-refractivity contribution in [2.45, 2.75) is 25.3 Å². The Hall–Kier alpha value is -2.69. The van der Waals surface area contributed by atoms with Crippen LogP contribution < -0.4 is 0 Å². The molecule has 1 fully saturated rings. The zero-order valence-corrected chi connectivity index (χ0v) is 13.3. The lowest BCUT2D eigenvalue weighted by molar-refractivity contribution is -0.129. The second-order valence-corrected chi connectivity index (χ2v) is 5.92. The highest BCUT2D eigenvalue weighted by Crippen LogP contribution is 2.30. The third-order valence-electron chi connectivity index (χ3n) is 4.25. The minimum atomic E-state index is -0.611. The monoisotopic (exact) mass is 327 g/mol. The Morgan fingerprint density at radius 1 is 1.21 bits per heavy atom. The van der Waals surface area contributed by atoms with Crippen LogP contribution in [0.2, 0.25) is 0 Å². The summed E-state index contributed by atoms with van der Waals surface area (Å²) < 4.78 is 18.1. The molecule has 1 aliphatic rings. The molecule has 5 heteroatoms. The van der Waals surface area contributed by atoms with E-state index < -0.39 is 12.1 Å². The maximum Gasteiger partial charge on any atom is 0.417 e. The summed E-state index contributed by atoms with van der Waals surface area (Å²) in [5.41, 5.74) is 1.72. The first-order valence-electron chi connectivity index (χ1n) is 7.85. The smallest absolute Gasteiger partial charge is 0.417 e. The van der Waals surface area contributed by atoms with Crippen LogP contribution in [-0.2, 0) is 9.53 Å². The van der Waals surface area contributed by atoms with Gasteiger partial charge < -0.3 is 4.74 Å². The summed E-state index contributed by atoms with van der Waals surface area (Å²) in [7, 11) is 0. The van der Waals surface area contributed by atoms with E-state index in [1.165, 1.54) is 17.0 Å². The molecule has 0 aromatic heterocycles. The summed E-state index contributed by atoms with van der Waals surface area (Å²) in [4.78, 5) is 25.8. The number of nitrogens with zero attached hydrogens (tertiary/aromatic N) is 1. The van der Waals surface area contributed by atoms with Crippen molar-refractivity contribution in [3.05, 3.63) is 71.5 Å². The van der Waals surface area contributed by atoms with E-state index >= 15 is 0 Å². The quantitative estimate of drug-likeness (QED) is 0.851. The number of hydrogen-bond acceptors (Lipinski definition) is 3. The van der Waals surface area contributed by atoms with Gasteiger partial charge in [0.05, 0.1) is 0 Å². The van der Waals surface area contributed by atoms with Gasteiger partial charge in [0.25, 0.3) is 0 Å². The van der Waals surface area contributed by atoms with E-state index in [1.54, 1.807) is 12.1 Å². The van der Waals surface area contributed by atoms with Crippen molar-refractivity contribution in [1.82, 2.24) is 4.90 Å². The van der Waals surface area contributed by atoms with Crippen molar-refractivity contribution >= 4 is 12.0 Å². The van der Waals surface area contributed by atoms with Crippen LogP contribution >= 0.6 is 0 Å². The Balaban J connectivity index is 1.75. The molecule has 1 saturated heterocycles. The molecule has 0 saturated carbocycles. The Labute approximate surface area is 139 Å². The molecule has 1 heterocycles. The predicted molar refractivity (Wildman–Crippen MR) is 86.8 cm³/mol. The molecule has 3 rings (SSSR count). The zero-order chi connectivity index (χ0) is 17.1. The molecule has 0 N–H and O–H groups in total. The first-order valence-corrected chi connectivity index (χ1v) is 7.85. The van der Waals surface area contributed by atoms with Crippen molar-refractivity contribution < 1.29 is 18.7 Å². The largest absolute Gasteiger partial charge is 0.446 e. The van der Waals surface area contributed by atoms with Crippen LogP contribution in [0.3, 0.4) is 0 Å². The standard InChI is InChI=1S/C19H18FNO3/c1-13(14-7-9-16(20)10-8-14)11-18(22)21-17(12-24-19(21)23)15-5-3-2-4-6-15/h2-10,13,17H,11-12H2,1H3/t13-,17?/m1/s1. The average Bonchev–Trinajstić information content (AvgIpc) is 2.98. The molecule has 24 heavy (non-hydrogen) atoms. The van der Waals surface area contributed by atoms with Crippen LogP contribution in [0.15, 0.2) is 54.6 Å². The number of benzene rings is 2. The highest BCUT2D eigenvalue weighted by Gasteiger charge is 2.39. The van der Waals surface area contributed by atoms with Gasteiger partial charge in [0.2, 0.25) is 5.91 Å². The van der Waals surface area contributed by atoms with Crippen LogP contribution in [0.25, 0.3) is 0 Å². The zero-order valence-electron chi connectivity index (χ0n) is 13.3. The summed E-state index contributed by atoms with van der Waals surface area (Å²) in [5, 5.41) is 0. The first kappa shape index (κ1) is 16.2. The van der Waals surface area contributed by atoms with Crippen LogP contribution in [-0.4, -0.2) is 23.5 Å². The van der Waals surface area contributed by atoms with E-state index in [0.29, 0.717) is 0 Å². The minimum absolute atomic E-state index is 0.122. The van der Waals surface area contributed by atoms with Gasteiger partial charge in [0.1, 0.15) is 18.5 Å². The van der Waals surface area contributed by atoms with Crippen LogP contribution in [0.4, 0.5) is 9.18 Å². The first-order chi connectivity index (χ1) is 11.6. The van der Waals surface area contributed by atoms with Gasteiger partial charge in [0, 0.05) is 6.42 Å². The van der Waals surface area contributed by atoms with Gasteiger partial charge in [0.15, 0.2) is 0 Å². The summed E-state index contributed by atoms with van der Waals surface area (Å²) in [6, 6.07) is 15.0. The molecule has 2 atom stereocenters. The molecule has 0 spiro atoms. The number of carbonyl (C=O) groups excluding carboxylic acids is 2. The molecule has 124 valence electrons. The highest BCUT2D eigenvalue weighted by atomic mass is 19.1. The summed E-state index contributed by atoms with van der Waals surface area (Å²) in [5.74, 6) is -0.726. The van der Waals surface area contributed by atoms with Crippen LogP contribution in [0.1, 0.15) is 36.4 Å². The predicted octanol–water partition coefficient (Wildman–Crippen LogP) is 4.04. The van der Waals surface area contributed by atoms with Gasteiger partial charge >= 0.3 is 6.09 Å². The van der Waals surface area contributed by atoms with E-state index in [9.17, 15) is 14.0 Å². The molecule has 2 aromatic carbocycles. The van der Waals surface area contributed by atoms with Gasteiger partial charge in [-0.05, 0) is 29.2 Å². The lowest BCUT2D eigenvalue weighted by atomic mass is 9.96. The number of amides is 2. The second-order valence-electron chi connectivity index (χ2n) is 5.92. The number of halogens is 1. The van der Waals surface area contributed by atoms with Gasteiger partial charge in [-0.1, -0.05) is 49.4 Å². The molecule has 2 amide bonds. The normalized spacial score (nSPS) is 18.3. The molecule has 1 unspecified atom stereocenters.